The minimum Gasteiger partial charge on any atom is -0.325 e. The molecule has 1 heterocycles. The van der Waals surface area contributed by atoms with Crippen LogP contribution in [0, 0.1) is 6.92 Å². The maximum Gasteiger partial charge on any atom is 0.254 e. The molecular weight excluding hydrogens is 166 g/mol. The highest BCUT2D eigenvalue weighted by Crippen LogP contribution is 2.08. The van der Waals surface area contributed by atoms with Crippen LogP contribution in [0.2, 0.25) is 0 Å². The van der Waals surface area contributed by atoms with Gasteiger partial charge < -0.3 is 10.7 Å². The van der Waals surface area contributed by atoms with Crippen molar-refractivity contribution < 1.29 is 0 Å². The first kappa shape index (κ1) is 9.92. The number of rotatable bonds is 2. The van der Waals surface area contributed by atoms with Crippen LogP contribution in [0.3, 0.4) is 0 Å². The smallest absolute Gasteiger partial charge is 0.254 e. The van der Waals surface area contributed by atoms with Crippen molar-refractivity contribution in [3.05, 3.63) is 27.4 Å². The number of H-pyrrole nitrogens is 1. The summed E-state index contributed by atoms with van der Waals surface area (Å²) < 4.78 is 0. The second-order valence-electron chi connectivity index (χ2n) is 3.38. The van der Waals surface area contributed by atoms with Crippen LogP contribution in [0.4, 0.5) is 0 Å². The number of aromatic amines is 1. The van der Waals surface area contributed by atoms with Crippen molar-refractivity contribution in [2.45, 2.75) is 33.2 Å². The molecule has 1 aromatic rings. The summed E-state index contributed by atoms with van der Waals surface area (Å²) in [6.07, 6.45) is 0. The van der Waals surface area contributed by atoms with Crippen molar-refractivity contribution >= 4 is 0 Å². The second kappa shape index (κ2) is 3.70. The van der Waals surface area contributed by atoms with Gasteiger partial charge in [-0.15, -0.1) is 0 Å². The molecule has 0 aliphatic carbocycles. The van der Waals surface area contributed by atoms with Gasteiger partial charge in [0.2, 0.25) is 0 Å². The van der Waals surface area contributed by atoms with Crippen molar-refractivity contribution in [3.8, 4) is 0 Å². The standard InChI is InChI=1S/C9H15N3O/c1-5(2)8-11-7(4-10)6(3)9(13)12-8/h5H,4,10H2,1-3H3,(H,11,12,13). The molecule has 0 radical (unpaired) electrons. The molecule has 13 heavy (non-hydrogen) atoms. The van der Waals surface area contributed by atoms with Crippen LogP contribution in [0.5, 0.6) is 0 Å². The number of aromatic nitrogens is 2. The van der Waals surface area contributed by atoms with Gasteiger partial charge in [0, 0.05) is 18.0 Å². The van der Waals surface area contributed by atoms with E-state index in [1.165, 1.54) is 0 Å². The summed E-state index contributed by atoms with van der Waals surface area (Å²) in [4.78, 5) is 18.4. The van der Waals surface area contributed by atoms with Gasteiger partial charge >= 0.3 is 0 Å². The third kappa shape index (κ3) is 1.95. The Kier molecular flexibility index (Phi) is 2.83. The Morgan fingerprint density at radius 3 is 2.62 bits per heavy atom. The van der Waals surface area contributed by atoms with Gasteiger partial charge in [0.1, 0.15) is 5.82 Å². The summed E-state index contributed by atoms with van der Waals surface area (Å²) in [5.74, 6) is 0.926. The Morgan fingerprint density at radius 1 is 1.54 bits per heavy atom. The van der Waals surface area contributed by atoms with Gasteiger partial charge in [-0.3, -0.25) is 4.79 Å². The van der Waals surface area contributed by atoms with Gasteiger partial charge in [0.15, 0.2) is 0 Å². The molecule has 1 rings (SSSR count). The zero-order valence-electron chi connectivity index (χ0n) is 8.22. The van der Waals surface area contributed by atoms with Gasteiger partial charge in [-0.25, -0.2) is 4.98 Å². The van der Waals surface area contributed by atoms with Gasteiger partial charge in [0.25, 0.3) is 5.56 Å². The monoisotopic (exact) mass is 181 g/mol. The first-order valence-corrected chi connectivity index (χ1v) is 4.36. The molecule has 0 amide bonds. The Labute approximate surface area is 77.2 Å². The molecular formula is C9H15N3O. The maximum absolute atomic E-state index is 11.4. The third-order valence-electron chi connectivity index (χ3n) is 2.01. The van der Waals surface area contributed by atoms with Crippen LogP contribution in [0.1, 0.15) is 36.8 Å². The van der Waals surface area contributed by atoms with E-state index in [1.807, 2.05) is 13.8 Å². The molecule has 0 saturated heterocycles. The summed E-state index contributed by atoms with van der Waals surface area (Å²) in [7, 11) is 0. The molecule has 0 spiro atoms. The normalized spacial score (nSPS) is 10.8. The second-order valence-corrected chi connectivity index (χ2v) is 3.38. The molecule has 0 bridgehead atoms. The zero-order valence-corrected chi connectivity index (χ0v) is 8.22. The third-order valence-corrected chi connectivity index (χ3v) is 2.01. The van der Waals surface area contributed by atoms with Crippen LogP contribution in [-0.4, -0.2) is 9.97 Å². The number of hydrogen-bond acceptors (Lipinski definition) is 3. The number of hydrogen-bond donors (Lipinski definition) is 2. The Bertz CT molecular complexity index is 354. The SMILES string of the molecule is Cc1c(CN)nc(C(C)C)[nH]c1=O. The Balaban J connectivity index is 3.31. The van der Waals surface area contributed by atoms with Crippen molar-refractivity contribution in [1.82, 2.24) is 9.97 Å². The van der Waals surface area contributed by atoms with Crippen LogP contribution < -0.4 is 11.3 Å². The molecule has 0 atom stereocenters. The van der Waals surface area contributed by atoms with Crippen molar-refractivity contribution in [3.63, 3.8) is 0 Å². The molecule has 4 nitrogen and oxygen atoms in total. The highest BCUT2D eigenvalue weighted by molar-refractivity contribution is 5.16. The average molecular weight is 181 g/mol. The minimum atomic E-state index is -0.0841. The van der Waals surface area contributed by atoms with Crippen LogP contribution in [0.15, 0.2) is 4.79 Å². The molecule has 0 aliphatic rings. The average Bonchev–Trinajstić information content (AvgIpc) is 2.09. The van der Waals surface area contributed by atoms with E-state index in [1.54, 1.807) is 6.92 Å². The van der Waals surface area contributed by atoms with Gasteiger partial charge in [-0.05, 0) is 6.92 Å². The number of nitrogens with two attached hydrogens (primary N) is 1. The van der Waals surface area contributed by atoms with Crippen molar-refractivity contribution in [2.75, 3.05) is 0 Å². The van der Waals surface area contributed by atoms with E-state index in [0.29, 0.717) is 23.6 Å². The van der Waals surface area contributed by atoms with E-state index in [9.17, 15) is 4.79 Å². The van der Waals surface area contributed by atoms with Crippen LogP contribution in [-0.2, 0) is 6.54 Å². The molecule has 1 aromatic heterocycles. The van der Waals surface area contributed by atoms with Crippen molar-refractivity contribution in [1.29, 1.82) is 0 Å². The van der Waals surface area contributed by atoms with Crippen LogP contribution in [0.25, 0.3) is 0 Å². The fourth-order valence-corrected chi connectivity index (χ4v) is 1.07. The summed E-state index contributed by atoms with van der Waals surface area (Å²) in [5.41, 5.74) is 6.69. The lowest BCUT2D eigenvalue weighted by molar-refractivity contribution is 0.741. The molecule has 3 N–H and O–H groups in total. The lowest BCUT2D eigenvalue weighted by Gasteiger charge is -2.07. The fourth-order valence-electron chi connectivity index (χ4n) is 1.07. The van der Waals surface area contributed by atoms with E-state index in [-0.39, 0.29) is 11.5 Å². The van der Waals surface area contributed by atoms with Gasteiger partial charge in [-0.1, -0.05) is 13.8 Å². The van der Waals surface area contributed by atoms with Gasteiger partial charge in [0.05, 0.1) is 5.69 Å². The quantitative estimate of drug-likeness (QED) is 0.704. The summed E-state index contributed by atoms with van der Waals surface area (Å²) in [6.45, 7) is 6.01. The summed E-state index contributed by atoms with van der Waals surface area (Å²) in [6, 6.07) is 0. The van der Waals surface area contributed by atoms with Gasteiger partial charge in [-0.2, -0.15) is 0 Å². The molecule has 4 heteroatoms. The zero-order chi connectivity index (χ0) is 10.0. The summed E-state index contributed by atoms with van der Waals surface area (Å²) >= 11 is 0. The maximum atomic E-state index is 11.4. The molecule has 72 valence electrons. The van der Waals surface area contributed by atoms with E-state index in [4.69, 9.17) is 5.73 Å². The Morgan fingerprint density at radius 2 is 2.15 bits per heavy atom. The fraction of sp³-hybridized carbons (Fsp3) is 0.556. The molecule has 0 unspecified atom stereocenters. The van der Waals surface area contributed by atoms with E-state index in [0.717, 1.165) is 0 Å². The lowest BCUT2D eigenvalue weighted by atomic mass is 10.2. The highest BCUT2D eigenvalue weighted by atomic mass is 16.1. The number of nitrogens with one attached hydrogen (secondary N) is 1. The Hall–Kier alpha value is -1.16. The van der Waals surface area contributed by atoms with Crippen molar-refractivity contribution in [2.24, 2.45) is 5.73 Å². The van der Waals surface area contributed by atoms with E-state index < -0.39 is 0 Å². The predicted molar refractivity (Wildman–Crippen MR) is 51.6 cm³/mol. The largest absolute Gasteiger partial charge is 0.325 e. The minimum absolute atomic E-state index is 0.0841. The first-order chi connectivity index (χ1) is 6.06. The predicted octanol–water partition coefficient (Wildman–Crippen LogP) is 0.660. The van der Waals surface area contributed by atoms with E-state index >= 15 is 0 Å². The first-order valence-electron chi connectivity index (χ1n) is 4.36. The molecule has 0 fully saturated rings. The highest BCUT2D eigenvalue weighted by Gasteiger charge is 2.07. The molecule has 0 aromatic carbocycles. The summed E-state index contributed by atoms with van der Waals surface area (Å²) in [5, 5.41) is 0. The molecule has 0 saturated carbocycles. The number of nitrogens with zero attached hydrogens (tertiary/aromatic N) is 1. The topological polar surface area (TPSA) is 71.8 Å². The van der Waals surface area contributed by atoms with E-state index in [2.05, 4.69) is 9.97 Å². The molecule has 0 aliphatic heterocycles. The lowest BCUT2D eigenvalue weighted by Crippen LogP contribution is -2.20. The van der Waals surface area contributed by atoms with Crippen LogP contribution >= 0.6 is 0 Å².